The molecule has 0 aromatic heterocycles. The lowest BCUT2D eigenvalue weighted by atomic mass is 10.0. The molecule has 0 heterocycles. The number of phosphoric acid groups is 1. The van der Waals surface area contributed by atoms with Gasteiger partial charge in [0.25, 0.3) is 0 Å². The molecule has 0 fully saturated rings. The Morgan fingerprint density at radius 3 is 1.38 bits per heavy atom. The third kappa shape index (κ3) is 24.2. The van der Waals surface area contributed by atoms with E-state index < -0.39 is 26.4 Å². The second-order valence-corrected chi connectivity index (χ2v) is 10.2. The predicted octanol–water partition coefficient (Wildman–Crippen LogP) is 6.57. The molecule has 0 unspecified atom stereocenters. The predicted molar refractivity (Wildman–Crippen MR) is 131 cm³/mol. The van der Waals surface area contributed by atoms with E-state index in [1.54, 1.807) is 0 Å². The van der Waals surface area contributed by atoms with Crippen LogP contribution in [0.3, 0.4) is 0 Å². The van der Waals surface area contributed by atoms with E-state index in [0.717, 1.165) is 19.3 Å². The van der Waals surface area contributed by atoms with E-state index in [2.05, 4.69) is 16.8 Å². The monoisotopic (exact) mass is 479 g/mol. The molecule has 192 valence electrons. The van der Waals surface area contributed by atoms with Crippen LogP contribution < -0.4 is 5.32 Å². The molecule has 0 saturated carbocycles. The molecule has 0 spiro atoms. The topological polar surface area (TPSA) is 116 Å². The Bertz CT molecular complexity index is 471. The fourth-order valence-electron chi connectivity index (χ4n) is 3.87. The summed E-state index contributed by atoms with van der Waals surface area (Å²) in [7, 11) is -4.64. The maximum absolute atomic E-state index is 11.1. The van der Waals surface area contributed by atoms with Gasteiger partial charge in [0.2, 0.25) is 0 Å². The lowest BCUT2D eigenvalue weighted by Gasteiger charge is -2.14. The summed E-state index contributed by atoms with van der Waals surface area (Å²) in [5.41, 5.74) is 0. The van der Waals surface area contributed by atoms with E-state index in [9.17, 15) is 9.36 Å². The van der Waals surface area contributed by atoms with Crippen LogP contribution in [0.4, 0.5) is 0 Å². The minimum atomic E-state index is -4.64. The number of nitrogens with one attached hydrogen (secondary N) is 1. The number of aliphatic carboxylic acids is 1. The van der Waals surface area contributed by atoms with Crippen molar-refractivity contribution in [3.63, 3.8) is 0 Å². The van der Waals surface area contributed by atoms with Crippen LogP contribution in [0.5, 0.6) is 0 Å². The van der Waals surface area contributed by atoms with Crippen molar-refractivity contribution < 1.29 is 28.8 Å². The first-order valence-corrected chi connectivity index (χ1v) is 14.6. The molecule has 7 nitrogen and oxygen atoms in total. The smallest absolute Gasteiger partial charge is 0.469 e. The highest BCUT2D eigenvalue weighted by Crippen LogP contribution is 2.35. The first-order valence-electron chi connectivity index (χ1n) is 13.0. The standard InChI is InChI=1S/C24H50NO6P/c1-2-3-4-5-6-7-8-9-10-11-12-13-14-15-16-17-18-19-20-21-25-23(24(26)27)22-31-32(28,29)30/h23,25H,2-22H2,1H3,(H,26,27)(H2,28,29,30)/t23-/m0/s1. The molecule has 0 aliphatic heterocycles. The second kappa shape index (κ2) is 22.3. The van der Waals surface area contributed by atoms with E-state index in [0.29, 0.717) is 6.54 Å². The maximum atomic E-state index is 11.1. The normalized spacial score (nSPS) is 12.8. The molecule has 0 aliphatic carbocycles. The summed E-state index contributed by atoms with van der Waals surface area (Å²) in [6.45, 7) is 2.23. The van der Waals surface area contributed by atoms with E-state index in [1.807, 2.05) is 0 Å². The van der Waals surface area contributed by atoms with Gasteiger partial charge in [-0.25, -0.2) is 4.57 Å². The van der Waals surface area contributed by atoms with Gasteiger partial charge in [-0.1, -0.05) is 122 Å². The quantitative estimate of drug-likeness (QED) is 0.0864. The van der Waals surface area contributed by atoms with Gasteiger partial charge in [0.05, 0.1) is 6.61 Å². The molecule has 1 atom stereocenters. The van der Waals surface area contributed by atoms with Gasteiger partial charge in [-0.05, 0) is 13.0 Å². The number of rotatable bonds is 25. The van der Waals surface area contributed by atoms with Crippen LogP contribution in [0.2, 0.25) is 0 Å². The summed E-state index contributed by atoms with van der Waals surface area (Å²) >= 11 is 0. The van der Waals surface area contributed by atoms with Crippen LogP contribution in [0.15, 0.2) is 0 Å². The lowest BCUT2D eigenvalue weighted by Crippen LogP contribution is -2.40. The molecule has 4 N–H and O–H groups in total. The van der Waals surface area contributed by atoms with Gasteiger partial charge < -0.3 is 20.2 Å². The summed E-state index contributed by atoms with van der Waals surface area (Å²) in [5.74, 6) is -1.17. The van der Waals surface area contributed by atoms with Crippen molar-refractivity contribution in [1.29, 1.82) is 0 Å². The highest BCUT2D eigenvalue weighted by molar-refractivity contribution is 7.46. The number of hydrogen-bond donors (Lipinski definition) is 4. The summed E-state index contributed by atoms with van der Waals surface area (Å²) in [5, 5.41) is 11.8. The molecule has 0 saturated heterocycles. The molecule has 0 aliphatic rings. The average molecular weight is 480 g/mol. The van der Waals surface area contributed by atoms with Crippen molar-refractivity contribution in [2.24, 2.45) is 0 Å². The molecule has 8 heteroatoms. The van der Waals surface area contributed by atoms with Crippen LogP contribution in [0.1, 0.15) is 129 Å². The largest absolute Gasteiger partial charge is 0.480 e. The minimum absolute atomic E-state index is 0.500. The fraction of sp³-hybridized carbons (Fsp3) is 0.958. The maximum Gasteiger partial charge on any atom is 0.469 e. The third-order valence-electron chi connectivity index (χ3n) is 5.88. The molecule has 0 aromatic rings. The first-order chi connectivity index (χ1) is 15.4. The molecular weight excluding hydrogens is 429 g/mol. The van der Waals surface area contributed by atoms with Crippen LogP contribution in [0.25, 0.3) is 0 Å². The highest BCUT2D eigenvalue weighted by Gasteiger charge is 2.22. The zero-order valence-corrected chi connectivity index (χ0v) is 21.3. The molecule has 0 bridgehead atoms. The Morgan fingerprint density at radius 1 is 0.719 bits per heavy atom. The van der Waals surface area contributed by atoms with Crippen molar-refractivity contribution in [1.82, 2.24) is 5.32 Å². The molecule has 0 amide bonds. The fourth-order valence-corrected chi connectivity index (χ4v) is 4.21. The first kappa shape index (κ1) is 31.5. The summed E-state index contributed by atoms with van der Waals surface area (Å²) in [4.78, 5) is 28.4. The Labute approximate surface area is 196 Å². The average Bonchev–Trinajstić information content (AvgIpc) is 2.73. The second-order valence-electron chi connectivity index (χ2n) is 9.00. The van der Waals surface area contributed by atoms with Crippen LogP contribution in [-0.4, -0.2) is 40.1 Å². The Kier molecular flexibility index (Phi) is 22.0. The zero-order valence-electron chi connectivity index (χ0n) is 20.4. The van der Waals surface area contributed by atoms with Crippen molar-refractivity contribution in [2.45, 2.75) is 135 Å². The van der Waals surface area contributed by atoms with Crippen molar-refractivity contribution in [3.8, 4) is 0 Å². The molecule has 0 rings (SSSR count). The van der Waals surface area contributed by atoms with Gasteiger partial charge in [-0.2, -0.15) is 0 Å². The Balaban J connectivity index is 3.30. The van der Waals surface area contributed by atoms with E-state index in [1.165, 1.54) is 103 Å². The number of phosphoric ester groups is 1. The summed E-state index contributed by atoms with van der Waals surface area (Å²) in [6.07, 6.45) is 24.9. The Morgan fingerprint density at radius 2 is 1.06 bits per heavy atom. The number of carboxylic acid groups (broad SMARTS) is 1. The van der Waals surface area contributed by atoms with E-state index in [4.69, 9.17) is 14.9 Å². The summed E-state index contributed by atoms with van der Waals surface area (Å²) in [6, 6.07) is -1.10. The molecule has 0 radical (unpaired) electrons. The van der Waals surface area contributed by atoms with Crippen molar-refractivity contribution >= 4 is 13.8 Å². The number of carbonyl (C=O) groups is 1. The van der Waals surface area contributed by atoms with Gasteiger partial charge in [-0.15, -0.1) is 0 Å². The van der Waals surface area contributed by atoms with Gasteiger partial charge in [0, 0.05) is 0 Å². The minimum Gasteiger partial charge on any atom is -0.480 e. The summed E-state index contributed by atoms with van der Waals surface area (Å²) < 4.78 is 14.9. The van der Waals surface area contributed by atoms with Crippen molar-refractivity contribution in [2.75, 3.05) is 13.2 Å². The van der Waals surface area contributed by atoms with Gasteiger partial charge in [-0.3, -0.25) is 9.32 Å². The van der Waals surface area contributed by atoms with Gasteiger partial charge in [0.15, 0.2) is 0 Å². The molecular formula is C24H50NO6P. The van der Waals surface area contributed by atoms with Crippen molar-refractivity contribution in [3.05, 3.63) is 0 Å². The van der Waals surface area contributed by atoms with E-state index >= 15 is 0 Å². The highest BCUT2D eigenvalue weighted by atomic mass is 31.2. The molecule has 0 aromatic carbocycles. The number of unbranched alkanes of at least 4 members (excludes halogenated alkanes) is 18. The third-order valence-corrected chi connectivity index (χ3v) is 6.36. The van der Waals surface area contributed by atoms with Crippen LogP contribution in [0, 0.1) is 0 Å². The van der Waals surface area contributed by atoms with Crippen LogP contribution in [-0.2, 0) is 13.9 Å². The SMILES string of the molecule is CCCCCCCCCCCCCCCCCCCCCN[C@@H](COP(=O)(O)O)C(=O)O. The zero-order chi connectivity index (χ0) is 23.9. The van der Waals surface area contributed by atoms with Gasteiger partial charge in [0.1, 0.15) is 6.04 Å². The van der Waals surface area contributed by atoms with Gasteiger partial charge >= 0.3 is 13.8 Å². The van der Waals surface area contributed by atoms with E-state index in [-0.39, 0.29) is 0 Å². The number of carboxylic acids is 1. The molecule has 32 heavy (non-hydrogen) atoms. The van der Waals surface area contributed by atoms with Crippen LogP contribution >= 0.6 is 7.82 Å². The Hall–Kier alpha value is -0.460. The lowest BCUT2D eigenvalue weighted by molar-refractivity contribution is -0.140. The number of hydrogen-bond acceptors (Lipinski definition) is 4.